The van der Waals surface area contributed by atoms with Crippen molar-refractivity contribution >= 4 is 39.4 Å². The SMILES string of the molecule is CCOC(=O)c1n[nH]c2c(=O)[nH]c3cc(Cl)ccc3c(=O)c12. The Kier molecular flexibility index (Phi) is 3.42. The third-order valence-corrected chi connectivity index (χ3v) is 3.40. The maximum Gasteiger partial charge on any atom is 0.359 e. The second kappa shape index (κ2) is 5.27. The highest BCUT2D eigenvalue weighted by Gasteiger charge is 2.20. The molecule has 0 bridgehead atoms. The summed E-state index contributed by atoms with van der Waals surface area (Å²) in [4.78, 5) is 39.3. The van der Waals surface area contributed by atoms with Crippen molar-refractivity contribution in [2.24, 2.45) is 0 Å². The molecule has 0 atom stereocenters. The molecular formula is C14H10ClN3O4. The zero-order valence-electron chi connectivity index (χ0n) is 11.4. The fourth-order valence-corrected chi connectivity index (χ4v) is 2.38. The summed E-state index contributed by atoms with van der Waals surface area (Å²) in [5.41, 5.74) is -1.09. The summed E-state index contributed by atoms with van der Waals surface area (Å²) in [5.74, 6) is -0.765. The summed E-state index contributed by atoms with van der Waals surface area (Å²) in [5, 5.41) is 6.66. The van der Waals surface area contributed by atoms with Gasteiger partial charge in [0.2, 0.25) is 0 Å². The highest BCUT2D eigenvalue weighted by Crippen LogP contribution is 2.16. The van der Waals surface area contributed by atoms with Gasteiger partial charge in [-0.3, -0.25) is 14.7 Å². The van der Waals surface area contributed by atoms with Crippen molar-refractivity contribution in [1.29, 1.82) is 0 Å². The normalized spacial score (nSPS) is 11.0. The molecule has 0 fully saturated rings. The van der Waals surface area contributed by atoms with Crippen molar-refractivity contribution in [2.45, 2.75) is 6.92 Å². The molecule has 0 aliphatic rings. The van der Waals surface area contributed by atoms with Crippen LogP contribution in [0, 0.1) is 0 Å². The Morgan fingerprint density at radius 3 is 2.86 bits per heavy atom. The Hall–Kier alpha value is -2.67. The summed E-state index contributed by atoms with van der Waals surface area (Å²) >= 11 is 5.88. The molecule has 0 amide bonds. The van der Waals surface area contributed by atoms with E-state index in [1.165, 1.54) is 18.2 Å². The van der Waals surface area contributed by atoms with E-state index in [0.717, 1.165) is 0 Å². The zero-order valence-corrected chi connectivity index (χ0v) is 12.2. The molecule has 22 heavy (non-hydrogen) atoms. The molecule has 0 aliphatic heterocycles. The number of benzene rings is 1. The predicted octanol–water partition coefficient (Wildman–Crippen LogP) is 1.59. The van der Waals surface area contributed by atoms with Gasteiger partial charge in [0.1, 0.15) is 5.52 Å². The standard InChI is InChI=1S/C14H10ClN3O4/c1-2-22-14(21)11-9-10(17-18-11)13(20)16-8-5-6(15)3-4-7(8)12(9)19/h3-5H,2H2,1H3,(H,16,20)(H,17,18). The smallest absolute Gasteiger partial charge is 0.359 e. The van der Waals surface area contributed by atoms with E-state index in [0.29, 0.717) is 5.02 Å². The summed E-state index contributed by atoms with van der Waals surface area (Å²) in [6, 6.07) is 4.48. The summed E-state index contributed by atoms with van der Waals surface area (Å²) in [6.07, 6.45) is 0. The number of nitrogens with one attached hydrogen (secondary N) is 2. The van der Waals surface area contributed by atoms with E-state index < -0.39 is 17.0 Å². The van der Waals surface area contributed by atoms with E-state index in [9.17, 15) is 14.4 Å². The molecule has 3 aromatic rings. The first kappa shape index (κ1) is 14.3. The Morgan fingerprint density at radius 2 is 2.14 bits per heavy atom. The molecule has 7 nitrogen and oxygen atoms in total. The quantitative estimate of drug-likeness (QED) is 0.698. The number of nitrogens with zero attached hydrogens (tertiary/aromatic N) is 1. The number of halogens is 1. The number of fused-ring (bicyclic) bond motifs is 2. The van der Waals surface area contributed by atoms with Gasteiger partial charge in [0.25, 0.3) is 5.56 Å². The van der Waals surface area contributed by atoms with Crippen LogP contribution in [0.25, 0.3) is 21.8 Å². The fraction of sp³-hybridized carbons (Fsp3) is 0.143. The van der Waals surface area contributed by atoms with Gasteiger partial charge in [0.05, 0.1) is 17.5 Å². The average molecular weight is 320 g/mol. The topological polar surface area (TPSA) is 105 Å². The monoisotopic (exact) mass is 319 g/mol. The van der Waals surface area contributed by atoms with Crippen molar-refractivity contribution in [3.8, 4) is 0 Å². The van der Waals surface area contributed by atoms with Gasteiger partial charge >= 0.3 is 5.97 Å². The molecule has 0 aliphatic carbocycles. The molecule has 2 N–H and O–H groups in total. The van der Waals surface area contributed by atoms with Crippen LogP contribution in [0.5, 0.6) is 0 Å². The number of aromatic amines is 2. The Labute approximate surface area is 127 Å². The van der Waals surface area contributed by atoms with Gasteiger partial charge in [0.15, 0.2) is 11.1 Å². The second-order valence-electron chi connectivity index (χ2n) is 4.52. The molecule has 0 saturated heterocycles. The average Bonchev–Trinajstić information content (AvgIpc) is 2.88. The van der Waals surface area contributed by atoms with Crippen LogP contribution in [0.3, 0.4) is 0 Å². The molecule has 0 saturated carbocycles. The minimum atomic E-state index is -0.765. The van der Waals surface area contributed by atoms with E-state index in [2.05, 4.69) is 15.2 Å². The molecule has 112 valence electrons. The van der Waals surface area contributed by atoms with Gasteiger partial charge in [-0.1, -0.05) is 11.6 Å². The van der Waals surface area contributed by atoms with Gasteiger partial charge < -0.3 is 9.72 Å². The molecule has 2 aromatic heterocycles. The Bertz CT molecular complexity index is 1020. The van der Waals surface area contributed by atoms with Gasteiger partial charge in [0, 0.05) is 10.4 Å². The molecule has 2 heterocycles. The fourth-order valence-electron chi connectivity index (χ4n) is 2.21. The van der Waals surface area contributed by atoms with E-state index >= 15 is 0 Å². The minimum absolute atomic E-state index is 0.0830. The van der Waals surface area contributed by atoms with Crippen molar-refractivity contribution in [3.63, 3.8) is 0 Å². The number of esters is 1. The maximum atomic E-state index is 12.7. The molecule has 1 aromatic carbocycles. The van der Waals surface area contributed by atoms with Crippen LogP contribution in [-0.4, -0.2) is 27.8 Å². The van der Waals surface area contributed by atoms with Crippen molar-refractivity contribution < 1.29 is 9.53 Å². The third-order valence-electron chi connectivity index (χ3n) is 3.16. The number of rotatable bonds is 2. The van der Waals surface area contributed by atoms with Gasteiger partial charge in [-0.15, -0.1) is 0 Å². The molecule has 3 rings (SSSR count). The largest absolute Gasteiger partial charge is 0.461 e. The minimum Gasteiger partial charge on any atom is -0.461 e. The summed E-state index contributed by atoms with van der Waals surface area (Å²) in [6.45, 7) is 1.77. The first-order chi connectivity index (χ1) is 10.5. The van der Waals surface area contributed by atoms with Crippen LogP contribution in [0.15, 0.2) is 27.8 Å². The van der Waals surface area contributed by atoms with E-state index in [1.807, 2.05) is 0 Å². The summed E-state index contributed by atoms with van der Waals surface area (Å²) in [7, 11) is 0. The van der Waals surface area contributed by atoms with Gasteiger partial charge in [-0.05, 0) is 25.1 Å². The number of carbonyl (C=O) groups excluding carboxylic acids is 1. The number of carbonyl (C=O) groups is 1. The maximum absolute atomic E-state index is 12.7. The Balaban J connectivity index is 2.51. The number of hydrogen-bond donors (Lipinski definition) is 2. The second-order valence-corrected chi connectivity index (χ2v) is 4.95. The lowest BCUT2D eigenvalue weighted by Gasteiger charge is -1.97. The number of hydrogen-bond acceptors (Lipinski definition) is 5. The van der Waals surface area contributed by atoms with Crippen LogP contribution in [0.2, 0.25) is 5.02 Å². The predicted molar refractivity (Wildman–Crippen MR) is 81.5 cm³/mol. The first-order valence-electron chi connectivity index (χ1n) is 6.44. The Morgan fingerprint density at radius 1 is 1.36 bits per heavy atom. The van der Waals surface area contributed by atoms with Crippen LogP contribution in [0.4, 0.5) is 0 Å². The lowest BCUT2D eigenvalue weighted by Crippen LogP contribution is -2.10. The van der Waals surface area contributed by atoms with Crippen LogP contribution in [0.1, 0.15) is 17.4 Å². The molecule has 0 spiro atoms. The first-order valence-corrected chi connectivity index (χ1v) is 6.81. The van der Waals surface area contributed by atoms with Crippen molar-refractivity contribution in [3.05, 3.63) is 49.5 Å². The van der Waals surface area contributed by atoms with E-state index in [-0.39, 0.29) is 34.1 Å². The van der Waals surface area contributed by atoms with Crippen molar-refractivity contribution in [2.75, 3.05) is 6.61 Å². The van der Waals surface area contributed by atoms with Crippen LogP contribution in [-0.2, 0) is 4.74 Å². The third kappa shape index (κ3) is 2.15. The summed E-state index contributed by atoms with van der Waals surface area (Å²) < 4.78 is 4.86. The molecule has 0 radical (unpaired) electrons. The molecule has 8 heteroatoms. The van der Waals surface area contributed by atoms with E-state index in [1.54, 1.807) is 6.92 Å². The lowest BCUT2D eigenvalue weighted by atomic mass is 10.2. The highest BCUT2D eigenvalue weighted by molar-refractivity contribution is 6.31. The van der Waals surface area contributed by atoms with E-state index in [4.69, 9.17) is 16.3 Å². The number of ether oxygens (including phenoxy) is 1. The number of aromatic nitrogens is 3. The lowest BCUT2D eigenvalue weighted by molar-refractivity contribution is 0.0521. The van der Waals surface area contributed by atoms with Gasteiger partial charge in [-0.25, -0.2) is 4.79 Å². The zero-order chi connectivity index (χ0) is 15.9. The van der Waals surface area contributed by atoms with Gasteiger partial charge in [-0.2, -0.15) is 5.10 Å². The van der Waals surface area contributed by atoms with Crippen LogP contribution < -0.4 is 11.0 Å². The molecule has 0 unspecified atom stereocenters. The van der Waals surface area contributed by atoms with Crippen LogP contribution >= 0.6 is 11.6 Å². The molecular weight excluding hydrogens is 310 g/mol. The number of H-pyrrole nitrogens is 2. The van der Waals surface area contributed by atoms with Crippen molar-refractivity contribution in [1.82, 2.24) is 15.2 Å². The highest BCUT2D eigenvalue weighted by atomic mass is 35.5.